The summed E-state index contributed by atoms with van der Waals surface area (Å²) in [7, 11) is 0. The molecule has 148 valence electrons. The standard InChI is InChI=1S/C21H22ClNO5/c1-3-26-18-11-9-15(13-19(18)27-4-2)10-12-21(25)28-14-20(24)23-17-8-6-5-7-16(17)22/h5-13H,3-4,14H2,1-2H3,(H,23,24)/b12-10+. The van der Waals surface area contributed by atoms with E-state index in [2.05, 4.69) is 5.32 Å². The Morgan fingerprint density at radius 1 is 1.04 bits per heavy atom. The van der Waals surface area contributed by atoms with Crippen molar-refractivity contribution in [1.82, 2.24) is 0 Å². The van der Waals surface area contributed by atoms with Crippen LogP contribution in [0.1, 0.15) is 19.4 Å². The van der Waals surface area contributed by atoms with Crippen molar-refractivity contribution < 1.29 is 23.8 Å². The molecular weight excluding hydrogens is 382 g/mol. The highest BCUT2D eigenvalue weighted by Gasteiger charge is 2.08. The lowest BCUT2D eigenvalue weighted by atomic mass is 10.2. The summed E-state index contributed by atoms with van der Waals surface area (Å²) in [4.78, 5) is 23.7. The van der Waals surface area contributed by atoms with Crippen LogP contribution in [0.5, 0.6) is 11.5 Å². The van der Waals surface area contributed by atoms with Gasteiger partial charge in [0.15, 0.2) is 18.1 Å². The van der Waals surface area contributed by atoms with Crippen LogP contribution in [-0.2, 0) is 14.3 Å². The fraction of sp³-hybridized carbons (Fsp3) is 0.238. The number of esters is 1. The van der Waals surface area contributed by atoms with Crippen LogP contribution in [0.3, 0.4) is 0 Å². The third kappa shape index (κ3) is 6.63. The minimum atomic E-state index is -0.638. The number of carbonyl (C=O) groups excluding carboxylic acids is 2. The molecule has 7 heteroatoms. The SMILES string of the molecule is CCOc1ccc(/C=C/C(=O)OCC(=O)Nc2ccccc2Cl)cc1OCC. The Bertz CT molecular complexity index is 850. The Morgan fingerprint density at radius 3 is 2.46 bits per heavy atom. The van der Waals surface area contributed by atoms with E-state index in [1.165, 1.54) is 6.08 Å². The van der Waals surface area contributed by atoms with E-state index in [0.29, 0.717) is 35.4 Å². The van der Waals surface area contributed by atoms with Crippen molar-refractivity contribution >= 4 is 35.2 Å². The zero-order valence-electron chi connectivity index (χ0n) is 15.7. The summed E-state index contributed by atoms with van der Waals surface area (Å²) in [6.07, 6.45) is 2.82. The van der Waals surface area contributed by atoms with Crippen LogP contribution >= 0.6 is 11.6 Å². The number of rotatable bonds is 9. The first-order chi connectivity index (χ1) is 13.5. The molecule has 0 aliphatic carbocycles. The number of hydrogen-bond donors (Lipinski definition) is 1. The van der Waals surface area contributed by atoms with Crippen molar-refractivity contribution in [2.24, 2.45) is 0 Å². The van der Waals surface area contributed by atoms with Gasteiger partial charge in [0, 0.05) is 6.08 Å². The number of nitrogens with one attached hydrogen (secondary N) is 1. The first-order valence-corrected chi connectivity index (χ1v) is 9.20. The highest BCUT2D eigenvalue weighted by Crippen LogP contribution is 2.29. The summed E-state index contributed by atoms with van der Waals surface area (Å²) in [5, 5.41) is 2.98. The minimum absolute atomic E-state index is 0.405. The summed E-state index contributed by atoms with van der Waals surface area (Å²) in [5.74, 6) is 0.120. The van der Waals surface area contributed by atoms with E-state index in [-0.39, 0.29) is 0 Å². The molecule has 0 bridgehead atoms. The highest BCUT2D eigenvalue weighted by atomic mass is 35.5. The van der Waals surface area contributed by atoms with Gasteiger partial charge in [0.2, 0.25) is 0 Å². The molecule has 2 rings (SSSR count). The predicted molar refractivity (Wildman–Crippen MR) is 109 cm³/mol. The topological polar surface area (TPSA) is 73.9 Å². The Kier molecular flexibility index (Phi) is 8.37. The maximum atomic E-state index is 11.9. The number of halogens is 1. The van der Waals surface area contributed by atoms with Gasteiger partial charge in [0.25, 0.3) is 5.91 Å². The number of hydrogen-bond acceptors (Lipinski definition) is 5. The van der Waals surface area contributed by atoms with Gasteiger partial charge in [0.1, 0.15) is 0 Å². The van der Waals surface area contributed by atoms with E-state index >= 15 is 0 Å². The highest BCUT2D eigenvalue weighted by molar-refractivity contribution is 6.33. The van der Waals surface area contributed by atoms with Gasteiger partial charge in [-0.2, -0.15) is 0 Å². The molecule has 0 fully saturated rings. The molecule has 0 saturated carbocycles. The van der Waals surface area contributed by atoms with Gasteiger partial charge in [-0.05, 0) is 49.8 Å². The summed E-state index contributed by atoms with van der Waals surface area (Å²) >= 11 is 5.96. The second-order valence-corrected chi connectivity index (χ2v) is 5.95. The predicted octanol–water partition coefficient (Wildman–Crippen LogP) is 4.33. The van der Waals surface area contributed by atoms with Gasteiger partial charge in [0.05, 0.1) is 23.9 Å². The molecule has 0 heterocycles. The molecule has 0 unspecified atom stereocenters. The first kappa shape index (κ1) is 21.3. The summed E-state index contributed by atoms with van der Waals surface area (Å²) < 4.78 is 16.0. The van der Waals surface area contributed by atoms with E-state index in [1.54, 1.807) is 48.5 Å². The molecule has 0 spiro atoms. The monoisotopic (exact) mass is 403 g/mol. The Balaban J connectivity index is 1.90. The van der Waals surface area contributed by atoms with E-state index in [9.17, 15) is 9.59 Å². The minimum Gasteiger partial charge on any atom is -0.490 e. The van der Waals surface area contributed by atoms with Crippen LogP contribution in [0, 0.1) is 0 Å². The normalized spacial score (nSPS) is 10.5. The Labute approximate surface area is 169 Å². The molecule has 2 aromatic carbocycles. The summed E-state index contributed by atoms with van der Waals surface area (Å²) in [6, 6.07) is 12.1. The van der Waals surface area contributed by atoms with E-state index < -0.39 is 18.5 Å². The fourth-order valence-electron chi connectivity index (χ4n) is 2.27. The van der Waals surface area contributed by atoms with Gasteiger partial charge in [-0.3, -0.25) is 4.79 Å². The number of ether oxygens (including phenoxy) is 3. The maximum absolute atomic E-state index is 11.9. The molecule has 0 aliphatic heterocycles. The Morgan fingerprint density at radius 2 is 1.75 bits per heavy atom. The number of carbonyl (C=O) groups is 2. The largest absolute Gasteiger partial charge is 0.490 e. The van der Waals surface area contributed by atoms with Gasteiger partial charge >= 0.3 is 5.97 Å². The first-order valence-electron chi connectivity index (χ1n) is 8.82. The Hall–Kier alpha value is -2.99. The molecule has 0 saturated heterocycles. The molecule has 1 N–H and O–H groups in total. The second kappa shape index (κ2) is 11.0. The van der Waals surface area contributed by atoms with Gasteiger partial charge < -0.3 is 19.5 Å². The van der Waals surface area contributed by atoms with Crippen molar-refractivity contribution in [2.45, 2.75) is 13.8 Å². The van der Waals surface area contributed by atoms with Crippen LogP contribution in [-0.4, -0.2) is 31.7 Å². The smallest absolute Gasteiger partial charge is 0.331 e. The van der Waals surface area contributed by atoms with Crippen molar-refractivity contribution in [3.63, 3.8) is 0 Å². The average Bonchev–Trinajstić information content (AvgIpc) is 2.68. The van der Waals surface area contributed by atoms with Crippen molar-refractivity contribution in [3.05, 3.63) is 59.1 Å². The van der Waals surface area contributed by atoms with Crippen LogP contribution < -0.4 is 14.8 Å². The summed E-state index contributed by atoms with van der Waals surface area (Å²) in [5.41, 5.74) is 1.20. The fourth-order valence-corrected chi connectivity index (χ4v) is 2.45. The van der Waals surface area contributed by atoms with Crippen molar-refractivity contribution in [2.75, 3.05) is 25.1 Å². The molecule has 0 atom stereocenters. The van der Waals surface area contributed by atoms with E-state index in [0.717, 1.165) is 5.56 Å². The number of amides is 1. The number of benzene rings is 2. The van der Waals surface area contributed by atoms with Gasteiger partial charge in [-0.25, -0.2) is 4.79 Å². The quantitative estimate of drug-likeness (QED) is 0.498. The number of para-hydroxylation sites is 1. The third-order valence-corrected chi connectivity index (χ3v) is 3.80. The lowest BCUT2D eigenvalue weighted by Crippen LogP contribution is -2.20. The van der Waals surface area contributed by atoms with Crippen molar-refractivity contribution in [3.8, 4) is 11.5 Å². The second-order valence-electron chi connectivity index (χ2n) is 5.54. The lowest BCUT2D eigenvalue weighted by Gasteiger charge is -2.11. The van der Waals surface area contributed by atoms with Crippen molar-refractivity contribution in [1.29, 1.82) is 0 Å². The average molecular weight is 404 g/mol. The van der Waals surface area contributed by atoms with Gasteiger partial charge in [-0.15, -0.1) is 0 Å². The van der Waals surface area contributed by atoms with Crippen LogP contribution in [0.15, 0.2) is 48.5 Å². The molecular formula is C21H22ClNO5. The third-order valence-electron chi connectivity index (χ3n) is 3.47. The molecule has 0 radical (unpaired) electrons. The molecule has 0 aromatic heterocycles. The van der Waals surface area contributed by atoms with Crippen LogP contribution in [0.2, 0.25) is 5.02 Å². The summed E-state index contributed by atoms with van der Waals surface area (Å²) in [6.45, 7) is 4.38. The molecule has 28 heavy (non-hydrogen) atoms. The zero-order valence-corrected chi connectivity index (χ0v) is 16.5. The molecule has 2 aromatic rings. The number of anilines is 1. The van der Waals surface area contributed by atoms with Gasteiger partial charge in [-0.1, -0.05) is 29.8 Å². The van der Waals surface area contributed by atoms with E-state index in [1.807, 2.05) is 13.8 Å². The molecule has 6 nitrogen and oxygen atoms in total. The van der Waals surface area contributed by atoms with Crippen LogP contribution in [0.25, 0.3) is 6.08 Å². The molecule has 1 amide bonds. The zero-order chi connectivity index (χ0) is 20.4. The lowest BCUT2D eigenvalue weighted by molar-refractivity contribution is -0.142. The maximum Gasteiger partial charge on any atom is 0.331 e. The van der Waals surface area contributed by atoms with Crippen LogP contribution in [0.4, 0.5) is 5.69 Å². The van der Waals surface area contributed by atoms with E-state index in [4.69, 9.17) is 25.8 Å². The molecule has 0 aliphatic rings.